The highest BCUT2D eigenvalue weighted by atomic mass is 16.5. The molecule has 0 radical (unpaired) electrons. The van der Waals surface area contributed by atoms with Gasteiger partial charge in [-0.15, -0.1) is 0 Å². The van der Waals surface area contributed by atoms with E-state index < -0.39 is 0 Å². The molecule has 2 nitrogen and oxygen atoms in total. The quantitative estimate of drug-likeness (QED) is 0.778. The van der Waals surface area contributed by atoms with E-state index in [1.165, 1.54) is 32.2 Å². The summed E-state index contributed by atoms with van der Waals surface area (Å²) in [5.41, 5.74) is 0. The predicted molar refractivity (Wildman–Crippen MR) is 73.7 cm³/mol. The molecule has 3 unspecified atom stereocenters. The van der Waals surface area contributed by atoms with Crippen LogP contribution in [0.4, 0.5) is 0 Å². The number of hydrogen-bond donors (Lipinski definition) is 1. The Morgan fingerprint density at radius 1 is 1.11 bits per heavy atom. The summed E-state index contributed by atoms with van der Waals surface area (Å²) in [6.07, 6.45) is 5.96. The molecule has 1 aromatic rings. The Labute approximate surface area is 110 Å². The summed E-state index contributed by atoms with van der Waals surface area (Å²) in [6, 6.07) is 10.1. The lowest BCUT2D eigenvalue weighted by atomic mass is 9.89. The number of ether oxygens (including phenoxy) is 1. The van der Waals surface area contributed by atoms with Crippen molar-refractivity contribution < 1.29 is 4.74 Å². The number of para-hydroxylation sites is 1. The number of nitrogens with one attached hydrogen (secondary N) is 1. The summed E-state index contributed by atoms with van der Waals surface area (Å²) in [5.74, 6) is 4.00. The molecule has 98 valence electrons. The normalized spacial score (nSPS) is 29.7. The molecule has 18 heavy (non-hydrogen) atoms. The molecular weight excluding hydrogens is 222 g/mol. The van der Waals surface area contributed by atoms with Crippen molar-refractivity contribution in [3.05, 3.63) is 30.3 Å². The van der Waals surface area contributed by atoms with Crippen LogP contribution in [0.25, 0.3) is 0 Å². The van der Waals surface area contributed by atoms with Gasteiger partial charge < -0.3 is 10.1 Å². The molecule has 0 spiro atoms. The van der Waals surface area contributed by atoms with E-state index in [-0.39, 0.29) is 0 Å². The van der Waals surface area contributed by atoms with Crippen LogP contribution in [0.1, 0.15) is 25.7 Å². The summed E-state index contributed by atoms with van der Waals surface area (Å²) < 4.78 is 5.67. The highest BCUT2D eigenvalue weighted by Gasteiger charge is 2.38. The standard InChI is InChI=1S/C16H23NO/c1-2-4-16(5-3-1)18-9-8-17-12-15-11-13-6-7-14(15)10-13/h1-5,13-15,17H,6-12H2. The van der Waals surface area contributed by atoms with Crippen molar-refractivity contribution >= 4 is 0 Å². The van der Waals surface area contributed by atoms with E-state index in [1.54, 1.807) is 0 Å². The van der Waals surface area contributed by atoms with Crippen LogP contribution in [-0.4, -0.2) is 19.7 Å². The molecule has 2 saturated carbocycles. The van der Waals surface area contributed by atoms with E-state index >= 15 is 0 Å². The Morgan fingerprint density at radius 3 is 2.72 bits per heavy atom. The molecule has 1 N–H and O–H groups in total. The maximum absolute atomic E-state index is 5.67. The highest BCUT2D eigenvalue weighted by molar-refractivity contribution is 5.20. The fourth-order valence-corrected chi connectivity index (χ4v) is 3.67. The van der Waals surface area contributed by atoms with Gasteiger partial charge in [-0.2, -0.15) is 0 Å². The number of rotatable bonds is 6. The van der Waals surface area contributed by atoms with Gasteiger partial charge in [0.1, 0.15) is 12.4 Å². The zero-order chi connectivity index (χ0) is 12.2. The smallest absolute Gasteiger partial charge is 0.119 e. The first-order valence-electron chi connectivity index (χ1n) is 7.30. The first kappa shape index (κ1) is 12.0. The van der Waals surface area contributed by atoms with Gasteiger partial charge in [-0.3, -0.25) is 0 Å². The first-order valence-corrected chi connectivity index (χ1v) is 7.30. The van der Waals surface area contributed by atoms with Gasteiger partial charge >= 0.3 is 0 Å². The summed E-state index contributed by atoms with van der Waals surface area (Å²) in [5, 5.41) is 3.56. The third-order valence-electron chi connectivity index (χ3n) is 4.58. The third-order valence-corrected chi connectivity index (χ3v) is 4.58. The molecule has 3 atom stereocenters. The molecule has 2 aliphatic rings. The SMILES string of the molecule is c1ccc(OCCNCC2CC3CCC2C3)cc1. The fraction of sp³-hybridized carbons (Fsp3) is 0.625. The summed E-state index contributed by atoms with van der Waals surface area (Å²) in [4.78, 5) is 0. The molecule has 2 bridgehead atoms. The largest absolute Gasteiger partial charge is 0.492 e. The maximum atomic E-state index is 5.67. The van der Waals surface area contributed by atoms with Crippen LogP contribution in [0.3, 0.4) is 0 Å². The molecule has 2 aliphatic carbocycles. The Hall–Kier alpha value is -1.02. The van der Waals surface area contributed by atoms with E-state index in [4.69, 9.17) is 4.74 Å². The molecule has 2 fully saturated rings. The summed E-state index contributed by atoms with van der Waals surface area (Å²) in [6.45, 7) is 2.92. The molecular formula is C16H23NO. The van der Waals surface area contributed by atoms with Crippen LogP contribution in [0.15, 0.2) is 30.3 Å². The topological polar surface area (TPSA) is 21.3 Å². The Balaban J connectivity index is 1.29. The zero-order valence-corrected chi connectivity index (χ0v) is 11.0. The summed E-state index contributed by atoms with van der Waals surface area (Å²) in [7, 11) is 0. The molecule has 0 saturated heterocycles. The Kier molecular flexibility index (Phi) is 3.84. The van der Waals surface area contributed by atoms with Gasteiger partial charge in [0.05, 0.1) is 0 Å². The molecule has 1 aromatic carbocycles. The second-order valence-corrected chi connectivity index (χ2v) is 5.80. The van der Waals surface area contributed by atoms with Crippen molar-refractivity contribution in [3.8, 4) is 5.75 Å². The lowest BCUT2D eigenvalue weighted by Gasteiger charge is -2.21. The Morgan fingerprint density at radius 2 is 2.00 bits per heavy atom. The van der Waals surface area contributed by atoms with E-state index in [2.05, 4.69) is 5.32 Å². The first-order chi connectivity index (χ1) is 8.92. The van der Waals surface area contributed by atoms with Crippen molar-refractivity contribution in [1.29, 1.82) is 0 Å². The van der Waals surface area contributed by atoms with Crippen molar-refractivity contribution in [2.75, 3.05) is 19.7 Å². The highest BCUT2D eigenvalue weighted by Crippen LogP contribution is 2.47. The van der Waals surface area contributed by atoms with Crippen molar-refractivity contribution in [1.82, 2.24) is 5.32 Å². The minimum atomic E-state index is 0.769. The average Bonchev–Trinajstić information content (AvgIpc) is 3.02. The van der Waals surface area contributed by atoms with Gasteiger partial charge in [-0.25, -0.2) is 0 Å². The lowest BCUT2D eigenvalue weighted by Crippen LogP contribution is -2.29. The zero-order valence-electron chi connectivity index (χ0n) is 11.0. The minimum absolute atomic E-state index is 0.769. The minimum Gasteiger partial charge on any atom is -0.492 e. The fourth-order valence-electron chi connectivity index (χ4n) is 3.67. The third kappa shape index (κ3) is 2.86. The molecule has 3 rings (SSSR count). The van der Waals surface area contributed by atoms with Crippen molar-refractivity contribution in [2.45, 2.75) is 25.7 Å². The van der Waals surface area contributed by atoms with E-state index in [0.29, 0.717) is 0 Å². The Bertz CT molecular complexity index is 365. The second kappa shape index (κ2) is 5.75. The van der Waals surface area contributed by atoms with Crippen LogP contribution >= 0.6 is 0 Å². The second-order valence-electron chi connectivity index (χ2n) is 5.80. The molecule has 0 aromatic heterocycles. The molecule has 2 heteroatoms. The maximum Gasteiger partial charge on any atom is 0.119 e. The van der Waals surface area contributed by atoms with Crippen LogP contribution in [-0.2, 0) is 0 Å². The number of benzene rings is 1. The van der Waals surface area contributed by atoms with Gasteiger partial charge in [0.15, 0.2) is 0 Å². The van der Waals surface area contributed by atoms with Gasteiger partial charge in [-0.05, 0) is 55.7 Å². The monoisotopic (exact) mass is 245 g/mol. The van der Waals surface area contributed by atoms with Gasteiger partial charge in [0.2, 0.25) is 0 Å². The van der Waals surface area contributed by atoms with Crippen molar-refractivity contribution in [3.63, 3.8) is 0 Å². The van der Waals surface area contributed by atoms with Crippen LogP contribution in [0, 0.1) is 17.8 Å². The lowest BCUT2D eigenvalue weighted by molar-refractivity contribution is 0.286. The van der Waals surface area contributed by atoms with Crippen LogP contribution in [0.2, 0.25) is 0 Å². The molecule has 0 heterocycles. The van der Waals surface area contributed by atoms with Crippen molar-refractivity contribution in [2.24, 2.45) is 17.8 Å². The van der Waals surface area contributed by atoms with E-state index in [1.807, 2.05) is 30.3 Å². The van der Waals surface area contributed by atoms with Gasteiger partial charge in [0.25, 0.3) is 0 Å². The van der Waals surface area contributed by atoms with Gasteiger partial charge in [-0.1, -0.05) is 24.6 Å². The average molecular weight is 245 g/mol. The summed E-state index contributed by atoms with van der Waals surface area (Å²) >= 11 is 0. The predicted octanol–water partition coefficient (Wildman–Crippen LogP) is 3.09. The number of hydrogen-bond acceptors (Lipinski definition) is 2. The van der Waals surface area contributed by atoms with Crippen LogP contribution < -0.4 is 10.1 Å². The molecule has 0 aliphatic heterocycles. The van der Waals surface area contributed by atoms with Gasteiger partial charge in [0, 0.05) is 6.54 Å². The molecule has 0 amide bonds. The van der Waals surface area contributed by atoms with E-state index in [0.717, 1.165) is 36.7 Å². The van der Waals surface area contributed by atoms with E-state index in [9.17, 15) is 0 Å². The number of fused-ring (bicyclic) bond motifs is 2. The van der Waals surface area contributed by atoms with Crippen LogP contribution in [0.5, 0.6) is 5.75 Å².